The number of urea groups is 1. The van der Waals surface area contributed by atoms with Crippen LogP contribution in [0.3, 0.4) is 0 Å². The number of aromatic nitrogens is 1. The Labute approximate surface area is 133 Å². The number of hydrogen-bond donors (Lipinski definition) is 2. The third kappa shape index (κ3) is 3.15. The van der Waals surface area contributed by atoms with Gasteiger partial charge >= 0.3 is 6.03 Å². The Morgan fingerprint density at radius 3 is 2.82 bits per heavy atom. The Kier molecular flexibility index (Phi) is 3.88. The van der Waals surface area contributed by atoms with Crippen molar-refractivity contribution in [1.29, 1.82) is 0 Å². The summed E-state index contributed by atoms with van der Waals surface area (Å²) < 4.78 is 5.92. The lowest BCUT2D eigenvalue weighted by molar-refractivity contribution is 0.0967. The van der Waals surface area contributed by atoms with Crippen molar-refractivity contribution in [1.82, 2.24) is 10.3 Å². The molecule has 22 heavy (non-hydrogen) atoms. The first kappa shape index (κ1) is 14.3. The third-order valence-electron chi connectivity index (χ3n) is 2.90. The van der Waals surface area contributed by atoms with Gasteiger partial charge in [0.15, 0.2) is 12.0 Å². The zero-order valence-corrected chi connectivity index (χ0v) is 12.8. The number of halogens is 1. The minimum Gasteiger partial charge on any atom is -0.443 e. The summed E-state index contributed by atoms with van der Waals surface area (Å²) in [7, 11) is 0. The predicted molar refractivity (Wildman–Crippen MR) is 84.6 cm³/mol. The topological polar surface area (TPSA) is 84.2 Å². The van der Waals surface area contributed by atoms with E-state index in [1.807, 2.05) is 6.07 Å². The van der Waals surface area contributed by atoms with Crippen molar-refractivity contribution >= 4 is 44.7 Å². The van der Waals surface area contributed by atoms with Gasteiger partial charge < -0.3 is 9.73 Å². The largest absolute Gasteiger partial charge is 0.443 e. The number of benzene rings is 2. The van der Waals surface area contributed by atoms with Crippen molar-refractivity contribution in [3.05, 3.63) is 58.9 Å². The lowest BCUT2D eigenvalue weighted by Gasteiger charge is -2.07. The molecular formula is C15H10BrN3O3. The predicted octanol–water partition coefficient (Wildman–Crippen LogP) is 3.55. The number of fused-ring (bicyclic) bond motifs is 1. The molecule has 3 rings (SSSR count). The number of amides is 3. The van der Waals surface area contributed by atoms with Crippen molar-refractivity contribution in [2.24, 2.45) is 0 Å². The van der Waals surface area contributed by atoms with E-state index >= 15 is 0 Å². The van der Waals surface area contributed by atoms with Gasteiger partial charge in [-0.05, 0) is 36.4 Å². The van der Waals surface area contributed by atoms with E-state index in [1.54, 1.807) is 36.4 Å². The number of anilines is 1. The molecule has 0 radical (unpaired) electrons. The first-order valence-electron chi connectivity index (χ1n) is 6.33. The molecule has 1 aromatic heterocycles. The number of nitrogens with one attached hydrogen (secondary N) is 2. The fourth-order valence-electron chi connectivity index (χ4n) is 1.90. The maximum absolute atomic E-state index is 12.0. The Hall–Kier alpha value is -2.67. The van der Waals surface area contributed by atoms with Gasteiger partial charge in [-0.1, -0.05) is 22.0 Å². The Morgan fingerprint density at radius 1 is 1.14 bits per heavy atom. The third-order valence-corrected chi connectivity index (χ3v) is 3.40. The summed E-state index contributed by atoms with van der Waals surface area (Å²) in [5.41, 5.74) is 2.03. The van der Waals surface area contributed by atoms with E-state index in [4.69, 9.17) is 4.42 Å². The summed E-state index contributed by atoms with van der Waals surface area (Å²) in [4.78, 5) is 27.8. The van der Waals surface area contributed by atoms with Crippen LogP contribution in [0.1, 0.15) is 10.4 Å². The molecule has 2 N–H and O–H groups in total. The molecule has 0 aliphatic rings. The zero-order chi connectivity index (χ0) is 15.5. The monoisotopic (exact) mass is 359 g/mol. The highest BCUT2D eigenvalue weighted by molar-refractivity contribution is 9.10. The van der Waals surface area contributed by atoms with Crippen molar-refractivity contribution in [3.63, 3.8) is 0 Å². The second-order valence-corrected chi connectivity index (χ2v) is 5.37. The molecule has 0 aliphatic carbocycles. The van der Waals surface area contributed by atoms with E-state index in [2.05, 4.69) is 31.5 Å². The molecule has 7 heteroatoms. The van der Waals surface area contributed by atoms with Gasteiger partial charge in [0.25, 0.3) is 5.91 Å². The summed E-state index contributed by atoms with van der Waals surface area (Å²) in [6.45, 7) is 0. The van der Waals surface area contributed by atoms with Crippen molar-refractivity contribution in [2.75, 3.05) is 5.32 Å². The molecule has 3 amide bonds. The Bertz CT molecular complexity index is 860. The summed E-state index contributed by atoms with van der Waals surface area (Å²) in [6.07, 6.45) is 1.30. The van der Waals surface area contributed by atoms with Crippen LogP contribution in [0.15, 0.2) is 57.7 Å². The second kappa shape index (κ2) is 5.98. The van der Waals surface area contributed by atoms with Crippen LogP contribution in [0.2, 0.25) is 0 Å². The molecule has 0 atom stereocenters. The van der Waals surface area contributed by atoms with Gasteiger partial charge in [-0.2, -0.15) is 0 Å². The molecule has 0 spiro atoms. The van der Waals surface area contributed by atoms with Gasteiger partial charge in [0.2, 0.25) is 0 Å². The van der Waals surface area contributed by atoms with Crippen molar-refractivity contribution in [2.45, 2.75) is 0 Å². The van der Waals surface area contributed by atoms with Crippen LogP contribution in [0.5, 0.6) is 0 Å². The van der Waals surface area contributed by atoms with E-state index in [1.165, 1.54) is 6.39 Å². The first-order valence-corrected chi connectivity index (χ1v) is 7.12. The minimum atomic E-state index is -0.608. The molecule has 0 bridgehead atoms. The lowest BCUT2D eigenvalue weighted by atomic mass is 10.2. The molecule has 3 aromatic rings. The van der Waals surface area contributed by atoms with Gasteiger partial charge in [-0.3, -0.25) is 10.1 Å². The Balaban J connectivity index is 1.69. The Morgan fingerprint density at radius 2 is 2.00 bits per heavy atom. The quantitative estimate of drug-likeness (QED) is 0.732. The standard InChI is InChI=1S/C15H10BrN3O3/c16-10-2-1-3-11(7-10)18-15(21)19-14(20)9-4-5-13-12(6-9)17-8-22-13/h1-8H,(H2,18,19,20,21). The van der Waals surface area contributed by atoms with E-state index in [0.29, 0.717) is 22.4 Å². The van der Waals surface area contributed by atoms with Crippen LogP contribution in [-0.4, -0.2) is 16.9 Å². The average molecular weight is 360 g/mol. The van der Waals surface area contributed by atoms with Crippen LogP contribution >= 0.6 is 15.9 Å². The highest BCUT2D eigenvalue weighted by Gasteiger charge is 2.12. The molecule has 110 valence electrons. The fraction of sp³-hybridized carbons (Fsp3) is 0. The van der Waals surface area contributed by atoms with Crippen LogP contribution in [0.4, 0.5) is 10.5 Å². The van der Waals surface area contributed by atoms with Gasteiger partial charge in [-0.25, -0.2) is 9.78 Å². The number of nitrogens with zero attached hydrogens (tertiary/aromatic N) is 1. The highest BCUT2D eigenvalue weighted by Crippen LogP contribution is 2.16. The van der Waals surface area contributed by atoms with Crippen LogP contribution in [0.25, 0.3) is 11.1 Å². The normalized spacial score (nSPS) is 10.4. The lowest BCUT2D eigenvalue weighted by Crippen LogP contribution is -2.34. The van der Waals surface area contributed by atoms with Gasteiger partial charge in [0.05, 0.1) is 0 Å². The van der Waals surface area contributed by atoms with Gasteiger partial charge in [0.1, 0.15) is 5.52 Å². The number of carbonyl (C=O) groups excluding carboxylic acids is 2. The fourth-order valence-corrected chi connectivity index (χ4v) is 2.30. The van der Waals surface area contributed by atoms with Gasteiger partial charge in [0, 0.05) is 15.7 Å². The number of rotatable bonds is 2. The molecular weight excluding hydrogens is 350 g/mol. The molecule has 6 nitrogen and oxygen atoms in total. The van der Waals surface area contributed by atoms with Crippen LogP contribution in [0, 0.1) is 0 Å². The molecule has 0 unspecified atom stereocenters. The number of imide groups is 1. The first-order chi connectivity index (χ1) is 10.6. The molecule has 0 saturated carbocycles. The number of carbonyl (C=O) groups is 2. The van der Waals surface area contributed by atoms with Crippen LogP contribution in [-0.2, 0) is 0 Å². The maximum Gasteiger partial charge on any atom is 0.326 e. The summed E-state index contributed by atoms with van der Waals surface area (Å²) >= 11 is 3.30. The highest BCUT2D eigenvalue weighted by atomic mass is 79.9. The molecule has 0 fully saturated rings. The number of hydrogen-bond acceptors (Lipinski definition) is 4. The van der Waals surface area contributed by atoms with Crippen molar-refractivity contribution < 1.29 is 14.0 Å². The molecule has 0 saturated heterocycles. The van der Waals surface area contributed by atoms with E-state index in [0.717, 1.165) is 4.47 Å². The van der Waals surface area contributed by atoms with E-state index in [9.17, 15) is 9.59 Å². The minimum absolute atomic E-state index is 0.325. The van der Waals surface area contributed by atoms with Gasteiger partial charge in [-0.15, -0.1) is 0 Å². The maximum atomic E-state index is 12.0. The molecule has 0 aliphatic heterocycles. The number of oxazole rings is 1. The summed E-state index contributed by atoms with van der Waals surface area (Å²) in [5.74, 6) is -0.516. The summed E-state index contributed by atoms with van der Waals surface area (Å²) in [6, 6.07) is 11.2. The van der Waals surface area contributed by atoms with E-state index in [-0.39, 0.29) is 0 Å². The van der Waals surface area contributed by atoms with Crippen LogP contribution < -0.4 is 10.6 Å². The zero-order valence-electron chi connectivity index (χ0n) is 11.2. The smallest absolute Gasteiger partial charge is 0.326 e. The average Bonchev–Trinajstić information content (AvgIpc) is 2.94. The second-order valence-electron chi connectivity index (χ2n) is 4.45. The summed E-state index contributed by atoms with van der Waals surface area (Å²) in [5, 5.41) is 4.84. The van der Waals surface area contributed by atoms with Crippen molar-refractivity contribution in [3.8, 4) is 0 Å². The molecule has 2 aromatic carbocycles. The SMILES string of the molecule is O=C(NC(=O)c1ccc2ocnc2c1)Nc1cccc(Br)c1. The van der Waals surface area contributed by atoms with E-state index < -0.39 is 11.9 Å². The molecule has 1 heterocycles.